The summed E-state index contributed by atoms with van der Waals surface area (Å²) in [6.07, 6.45) is 4.49. The van der Waals surface area contributed by atoms with E-state index in [2.05, 4.69) is 15.3 Å². The number of oxazole rings is 1. The highest BCUT2D eigenvalue weighted by molar-refractivity contribution is 6.47. The van der Waals surface area contributed by atoms with E-state index >= 15 is 0 Å². The van der Waals surface area contributed by atoms with E-state index in [-0.39, 0.29) is 42.5 Å². The summed E-state index contributed by atoms with van der Waals surface area (Å²) >= 11 is 0. The molecule has 4 rings (SSSR count). The molecular weight excluding hydrogens is 412 g/mol. The molecule has 0 bridgehead atoms. The molecule has 0 unspecified atom stereocenters. The van der Waals surface area contributed by atoms with Gasteiger partial charge in [0.05, 0.1) is 30.4 Å². The summed E-state index contributed by atoms with van der Waals surface area (Å²) in [5.41, 5.74) is 0.210. The monoisotopic (exact) mass is 436 g/mol. The number of benzene rings is 1. The molecule has 3 N–H and O–H groups in total. The molecule has 2 aromatic rings. The highest BCUT2D eigenvalue weighted by Gasteiger charge is 2.39. The average Bonchev–Trinajstić information content (AvgIpc) is 3.35. The average molecular weight is 436 g/mol. The first-order chi connectivity index (χ1) is 15.4. The molecule has 10 nitrogen and oxygen atoms in total. The van der Waals surface area contributed by atoms with Gasteiger partial charge >= 0.3 is 0 Å². The van der Waals surface area contributed by atoms with E-state index in [1.54, 1.807) is 11.9 Å². The van der Waals surface area contributed by atoms with Crippen molar-refractivity contribution in [2.45, 2.75) is 18.4 Å². The third kappa shape index (κ3) is 4.17. The normalized spacial score (nSPS) is 19.8. The minimum absolute atomic E-state index is 0.00441. The number of amides is 2. The van der Waals surface area contributed by atoms with Crippen molar-refractivity contribution in [2.75, 3.05) is 26.7 Å². The van der Waals surface area contributed by atoms with Gasteiger partial charge < -0.3 is 19.7 Å². The largest absolute Gasteiger partial charge is 0.438 e. The first kappa shape index (κ1) is 21.4. The maximum absolute atomic E-state index is 12.9. The summed E-state index contributed by atoms with van der Waals surface area (Å²) in [7, 11) is 1.71. The Morgan fingerprint density at radius 3 is 2.62 bits per heavy atom. The molecule has 2 amide bonds. The molecule has 32 heavy (non-hydrogen) atoms. The minimum Gasteiger partial charge on any atom is -0.438 e. The lowest BCUT2D eigenvalue weighted by atomic mass is 9.90. The standard InChI is InChI=1S/C22H24N6O4/c1-24-18(15-5-3-2-4-6-15)19-17(23)21(30)28(13-26-19)12-22(31)7-9-27(10-8-22)20(29)16-11-25-14-32-16/h2-6,11,13-14,23-24,31H,7-10,12H2,1H3/b19-18+,23-17?. The maximum Gasteiger partial charge on any atom is 0.291 e. The SMILES string of the molecule is CN/C(=C1/N=CN(CC2(O)CCN(C(=O)c3cnco3)CC2)C(=O)C1=N)c1ccccc1. The van der Waals surface area contributed by atoms with Crippen LogP contribution in [0.2, 0.25) is 0 Å². The van der Waals surface area contributed by atoms with Gasteiger partial charge in [-0.15, -0.1) is 0 Å². The third-order valence-electron chi connectivity index (χ3n) is 5.68. The first-order valence-electron chi connectivity index (χ1n) is 10.2. The Bertz CT molecular complexity index is 1070. The lowest BCUT2D eigenvalue weighted by Crippen LogP contribution is -2.54. The van der Waals surface area contributed by atoms with Gasteiger partial charge in [-0.05, 0) is 18.4 Å². The van der Waals surface area contributed by atoms with E-state index in [4.69, 9.17) is 9.83 Å². The van der Waals surface area contributed by atoms with Crippen LogP contribution in [0.5, 0.6) is 0 Å². The molecular formula is C22H24N6O4. The molecule has 0 aliphatic carbocycles. The van der Waals surface area contributed by atoms with Gasteiger partial charge in [-0.3, -0.25) is 19.9 Å². The molecule has 1 fully saturated rings. The van der Waals surface area contributed by atoms with Crippen LogP contribution in [0.25, 0.3) is 5.70 Å². The summed E-state index contributed by atoms with van der Waals surface area (Å²) in [6, 6.07) is 9.36. The van der Waals surface area contributed by atoms with Crippen LogP contribution in [-0.4, -0.2) is 76.0 Å². The highest BCUT2D eigenvalue weighted by Crippen LogP contribution is 2.26. The number of aliphatic imine (C=N–C) groups is 1. The Kier molecular flexibility index (Phi) is 5.87. The van der Waals surface area contributed by atoms with Crippen LogP contribution in [0.3, 0.4) is 0 Å². The summed E-state index contributed by atoms with van der Waals surface area (Å²) < 4.78 is 5.05. The second-order valence-corrected chi connectivity index (χ2v) is 7.77. The zero-order chi connectivity index (χ0) is 22.7. The number of rotatable bonds is 5. The number of nitrogens with one attached hydrogen (secondary N) is 2. The number of carbonyl (C=O) groups is 2. The molecule has 0 saturated carbocycles. The number of hydrogen-bond acceptors (Lipinski definition) is 8. The number of β-amino-alcohol motifs (C(OH)–C–C–N with tert-alkyl or cyclic N) is 1. The number of aliphatic hydroxyl groups is 1. The van der Waals surface area contributed by atoms with Crippen LogP contribution in [0, 0.1) is 5.41 Å². The molecule has 0 spiro atoms. The lowest BCUT2D eigenvalue weighted by Gasteiger charge is -2.40. The number of aromatic nitrogens is 1. The van der Waals surface area contributed by atoms with Gasteiger partial charge in [0, 0.05) is 20.1 Å². The van der Waals surface area contributed by atoms with Gasteiger partial charge in [0.2, 0.25) is 5.76 Å². The Morgan fingerprint density at radius 1 is 1.28 bits per heavy atom. The Labute approximate surface area is 184 Å². The van der Waals surface area contributed by atoms with Crippen LogP contribution in [0.15, 0.2) is 58.0 Å². The van der Waals surface area contributed by atoms with Crippen LogP contribution in [0.4, 0.5) is 0 Å². The van der Waals surface area contributed by atoms with Crippen LogP contribution < -0.4 is 5.32 Å². The van der Waals surface area contributed by atoms with Gasteiger partial charge in [-0.1, -0.05) is 30.3 Å². The van der Waals surface area contributed by atoms with Crippen LogP contribution in [-0.2, 0) is 4.79 Å². The fourth-order valence-electron chi connectivity index (χ4n) is 3.87. The van der Waals surface area contributed by atoms with Crippen molar-refractivity contribution in [3.05, 3.63) is 59.9 Å². The molecule has 2 aliphatic heterocycles. The lowest BCUT2D eigenvalue weighted by molar-refractivity contribution is -0.124. The van der Waals surface area contributed by atoms with E-state index < -0.39 is 11.5 Å². The van der Waals surface area contributed by atoms with Crippen molar-refractivity contribution in [3.63, 3.8) is 0 Å². The van der Waals surface area contributed by atoms with Crippen molar-refractivity contribution in [2.24, 2.45) is 4.99 Å². The van der Waals surface area contributed by atoms with Gasteiger partial charge in [-0.25, -0.2) is 9.98 Å². The second kappa shape index (κ2) is 8.75. The Morgan fingerprint density at radius 2 is 2.00 bits per heavy atom. The van der Waals surface area contributed by atoms with E-state index in [1.165, 1.54) is 23.8 Å². The Hall–Kier alpha value is -3.79. The predicted molar refractivity (Wildman–Crippen MR) is 117 cm³/mol. The molecule has 0 atom stereocenters. The van der Waals surface area contributed by atoms with Gasteiger partial charge in [-0.2, -0.15) is 0 Å². The fraction of sp³-hybridized carbons (Fsp3) is 0.318. The predicted octanol–water partition coefficient (Wildman–Crippen LogP) is 1.12. The number of nitrogens with zero attached hydrogens (tertiary/aromatic N) is 4. The molecule has 2 aliphatic rings. The van der Waals surface area contributed by atoms with Crippen molar-refractivity contribution < 1.29 is 19.1 Å². The van der Waals surface area contributed by atoms with Crippen molar-refractivity contribution in [1.82, 2.24) is 20.1 Å². The maximum atomic E-state index is 12.9. The zero-order valence-corrected chi connectivity index (χ0v) is 17.6. The number of hydrogen-bond donors (Lipinski definition) is 3. The van der Waals surface area contributed by atoms with Crippen molar-refractivity contribution in [3.8, 4) is 0 Å². The summed E-state index contributed by atoms with van der Waals surface area (Å²) in [6.45, 7) is 0.626. The quantitative estimate of drug-likeness (QED) is 0.643. The fourth-order valence-corrected chi connectivity index (χ4v) is 3.87. The summed E-state index contributed by atoms with van der Waals surface area (Å²) in [4.78, 5) is 36.2. The topological polar surface area (TPSA) is 135 Å². The molecule has 3 heterocycles. The van der Waals surface area contributed by atoms with E-state index in [0.717, 1.165) is 5.56 Å². The number of likely N-dealkylation sites (tertiary alicyclic amines) is 1. The van der Waals surface area contributed by atoms with Crippen molar-refractivity contribution >= 4 is 29.6 Å². The van der Waals surface area contributed by atoms with Gasteiger partial charge in [0.25, 0.3) is 11.8 Å². The molecule has 10 heteroatoms. The molecule has 1 saturated heterocycles. The van der Waals surface area contributed by atoms with Crippen LogP contribution in [0.1, 0.15) is 29.0 Å². The zero-order valence-electron chi connectivity index (χ0n) is 17.6. The first-order valence-corrected chi connectivity index (χ1v) is 10.2. The van der Waals surface area contributed by atoms with Crippen LogP contribution >= 0.6 is 0 Å². The molecule has 1 aromatic heterocycles. The third-order valence-corrected chi connectivity index (χ3v) is 5.68. The van der Waals surface area contributed by atoms with Gasteiger partial charge in [0.1, 0.15) is 11.4 Å². The van der Waals surface area contributed by atoms with E-state index in [0.29, 0.717) is 18.8 Å². The van der Waals surface area contributed by atoms with E-state index in [1.807, 2.05) is 30.3 Å². The number of carbonyl (C=O) groups excluding carboxylic acids is 2. The molecule has 0 radical (unpaired) electrons. The summed E-state index contributed by atoms with van der Waals surface area (Å²) in [5.74, 6) is -0.662. The van der Waals surface area contributed by atoms with Gasteiger partial charge in [0.15, 0.2) is 6.39 Å². The Balaban J connectivity index is 1.46. The van der Waals surface area contributed by atoms with Crippen molar-refractivity contribution in [1.29, 1.82) is 5.41 Å². The second-order valence-electron chi connectivity index (χ2n) is 7.77. The molecule has 166 valence electrons. The smallest absolute Gasteiger partial charge is 0.291 e. The van der Waals surface area contributed by atoms with E-state index in [9.17, 15) is 14.7 Å². The number of piperidine rings is 1. The minimum atomic E-state index is -1.19. The summed E-state index contributed by atoms with van der Waals surface area (Å²) in [5, 5.41) is 22.4. The highest BCUT2D eigenvalue weighted by atomic mass is 16.3. The molecule has 1 aromatic carbocycles.